The molecule has 0 saturated carbocycles. The Morgan fingerprint density at radius 3 is 2.88 bits per heavy atom. The second-order valence-corrected chi connectivity index (χ2v) is 3.74. The van der Waals surface area contributed by atoms with Gasteiger partial charge in [0.2, 0.25) is 0 Å². The van der Waals surface area contributed by atoms with Crippen molar-refractivity contribution in [3.8, 4) is 5.75 Å². The Bertz CT molecular complexity index is 474. The van der Waals surface area contributed by atoms with Crippen molar-refractivity contribution in [1.82, 2.24) is 4.98 Å². The Balaban J connectivity index is 2.03. The number of benzene rings is 1. The van der Waals surface area contributed by atoms with Crippen LogP contribution in [0.1, 0.15) is 5.56 Å². The van der Waals surface area contributed by atoms with Gasteiger partial charge in [0.25, 0.3) is 0 Å². The minimum atomic E-state index is 0.451. The molecule has 2 aromatic rings. The number of anilines is 1. The van der Waals surface area contributed by atoms with Crippen LogP contribution < -0.4 is 10.5 Å². The summed E-state index contributed by atoms with van der Waals surface area (Å²) >= 11 is 5.82. The number of nitrogens with two attached hydrogens (primary N) is 1. The van der Waals surface area contributed by atoms with Crippen LogP contribution in [0, 0.1) is 0 Å². The number of aromatic nitrogens is 1. The second kappa shape index (κ2) is 4.86. The molecule has 4 heteroatoms. The molecule has 0 aliphatic carbocycles. The molecule has 0 radical (unpaired) electrons. The first-order valence-corrected chi connectivity index (χ1v) is 5.20. The van der Waals surface area contributed by atoms with Crippen molar-refractivity contribution in [3.05, 3.63) is 53.3 Å². The number of hydrogen-bond donors (Lipinski definition) is 1. The van der Waals surface area contributed by atoms with E-state index in [9.17, 15) is 0 Å². The summed E-state index contributed by atoms with van der Waals surface area (Å²) < 4.78 is 5.53. The molecule has 1 aromatic carbocycles. The van der Waals surface area contributed by atoms with Crippen molar-refractivity contribution in [1.29, 1.82) is 0 Å². The van der Waals surface area contributed by atoms with Crippen LogP contribution >= 0.6 is 11.6 Å². The first-order chi connectivity index (χ1) is 7.75. The summed E-state index contributed by atoms with van der Waals surface area (Å²) in [6, 6.07) is 9.13. The van der Waals surface area contributed by atoms with Gasteiger partial charge in [0.1, 0.15) is 12.4 Å². The van der Waals surface area contributed by atoms with Crippen LogP contribution in [0.5, 0.6) is 5.75 Å². The summed E-state index contributed by atoms with van der Waals surface area (Å²) in [5.74, 6) is 0.732. The van der Waals surface area contributed by atoms with E-state index in [0.717, 1.165) is 11.3 Å². The Labute approximate surface area is 98.8 Å². The maximum absolute atomic E-state index is 5.82. The number of pyridine rings is 1. The van der Waals surface area contributed by atoms with Gasteiger partial charge in [0, 0.05) is 6.20 Å². The van der Waals surface area contributed by atoms with Crippen molar-refractivity contribution in [3.63, 3.8) is 0 Å². The van der Waals surface area contributed by atoms with Gasteiger partial charge in [0.05, 0.1) is 16.9 Å². The Morgan fingerprint density at radius 1 is 1.31 bits per heavy atom. The lowest BCUT2D eigenvalue weighted by Crippen LogP contribution is -1.97. The summed E-state index contributed by atoms with van der Waals surface area (Å²) in [7, 11) is 0. The van der Waals surface area contributed by atoms with Gasteiger partial charge in [-0.25, -0.2) is 0 Å². The molecule has 82 valence electrons. The molecule has 0 fully saturated rings. The van der Waals surface area contributed by atoms with Crippen LogP contribution in [0.25, 0.3) is 0 Å². The third kappa shape index (κ3) is 2.64. The third-order valence-corrected chi connectivity index (χ3v) is 2.44. The van der Waals surface area contributed by atoms with Gasteiger partial charge < -0.3 is 10.5 Å². The van der Waals surface area contributed by atoms with E-state index in [1.54, 1.807) is 24.5 Å². The fourth-order valence-electron chi connectivity index (χ4n) is 1.28. The highest BCUT2D eigenvalue weighted by Gasteiger charge is 1.99. The zero-order valence-electron chi connectivity index (χ0n) is 8.56. The predicted molar refractivity (Wildman–Crippen MR) is 64.4 cm³/mol. The molecule has 0 amide bonds. The second-order valence-electron chi connectivity index (χ2n) is 3.33. The largest absolute Gasteiger partial charge is 0.487 e. The number of hydrogen-bond acceptors (Lipinski definition) is 3. The van der Waals surface area contributed by atoms with Gasteiger partial charge in [-0.1, -0.05) is 17.7 Å². The average Bonchev–Trinajstić information content (AvgIpc) is 2.32. The zero-order chi connectivity index (χ0) is 11.4. The van der Waals surface area contributed by atoms with E-state index in [1.807, 2.05) is 18.2 Å². The van der Waals surface area contributed by atoms with Crippen molar-refractivity contribution in [2.24, 2.45) is 0 Å². The topological polar surface area (TPSA) is 48.1 Å². The Morgan fingerprint density at radius 2 is 2.19 bits per heavy atom. The van der Waals surface area contributed by atoms with Gasteiger partial charge in [-0.3, -0.25) is 4.98 Å². The minimum Gasteiger partial charge on any atom is -0.487 e. The highest BCUT2D eigenvalue weighted by molar-refractivity contribution is 6.33. The van der Waals surface area contributed by atoms with Crippen molar-refractivity contribution in [2.75, 3.05) is 5.73 Å². The maximum Gasteiger partial charge on any atom is 0.138 e. The summed E-state index contributed by atoms with van der Waals surface area (Å²) in [6.45, 7) is 0.451. The number of halogens is 1. The molecule has 2 N–H and O–H groups in total. The first kappa shape index (κ1) is 10.8. The van der Waals surface area contributed by atoms with Crippen LogP contribution in [-0.2, 0) is 6.61 Å². The molecule has 0 aliphatic rings. The van der Waals surface area contributed by atoms with Gasteiger partial charge in [-0.2, -0.15) is 0 Å². The molecular weight excluding hydrogens is 224 g/mol. The average molecular weight is 235 g/mol. The summed E-state index contributed by atoms with van der Waals surface area (Å²) in [6.07, 6.45) is 3.37. The van der Waals surface area contributed by atoms with Crippen LogP contribution in [0.4, 0.5) is 5.69 Å². The third-order valence-electron chi connectivity index (χ3n) is 2.10. The molecule has 0 atom stereocenters. The SMILES string of the molecule is Nc1cc(COc2cccnc2)ccc1Cl. The molecule has 0 aliphatic heterocycles. The van der Waals surface area contributed by atoms with Crippen LogP contribution in [0.15, 0.2) is 42.7 Å². The normalized spacial score (nSPS) is 10.1. The van der Waals surface area contributed by atoms with Crippen molar-refractivity contribution in [2.45, 2.75) is 6.61 Å². The number of rotatable bonds is 3. The minimum absolute atomic E-state index is 0.451. The molecule has 2 rings (SSSR count). The van der Waals surface area contributed by atoms with Gasteiger partial charge in [-0.05, 0) is 29.8 Å². The van der Waals surface area contributed by atoms with Crippen LogP contribution in [0.3, 0.4) is 0 Å². The predicted octanol–water partition coefficient (Wildman–Crippen LogP) is 2.90. The number of ether oxygens (including phenoxy) is 1. The van der Waals surface area contributed by atoms with Crippen LogP contribution in [0.2, 0.25) is 5.02 Å². The van der Waals surface area contributed by atoms with Crippen LogP contribution in [-0.4, -0.2) is 4.98 Å². The van der Waals surface area contributed by atoms with E-state index in [1.165, 1.54) is 0 Å². The lowest BCUT2D eigenvalue weighted by atomic mass is 10.2. The molecule has 3 nitrogen and oxygen atoms in total. The summed E-state index contributed by atoms with van der Waals surface area (Å²) in [5.41, 5.74) is 7.23. The molecule has 0 bridgehead atoms. The monoisotopic (exact) mass is 234 g/mol. The fourth-order valence-corrected chi connectivity index (χ4v) is 1.40. The molecule has 0 saturated heterocycles. The standard InChI is InChI=1S/C12H11ClN2O/c13-11-4-3-9(6-12(11)14)8-16-10-2-1-5-15-7-10/h1-7H,8,14H2. The number of nitrogen functional groups attached to an aromatic ring is 1. The highest BCUT2D eigenvalue weighted by Crippen LogP contribution is 2.20. The van der Waals surface area contributed by atoms with Crippen molar-refractivity contribution >= 4 is 17.3 Å². The molecule has 16 heavy (non-hydrogen) atoms. The van der Waals surface area contributed by atoms with E-state index < -0.39 is 0 Å². The van der Waals surface area contributed by atoms with E-state index in [4.69, 9.17) is 22.1 Å². The lowest BCUT2D eigenvalue weighted by molar-refractivity contribution is 0.305. The van der Waals surface area contributed by atoms with Gasteiger partial charge >= 0.3 is 0 Å². The first-order valence-electron chi connectivity index (χ1n) is 4.82. The van der Waals surface area contributed by atoms with Gasteiger partial charge in [0.15, 0.2) is 0 Å². The molecule has 0 unspecified atom stereocenters. The van der Waals surface area contributed by atoms with E-state index in [-0.39, 0.29) is 0 Å². The molecule has 1 aromatic heterocycles. The van der Waals surface area contributed by atoms with E-state index in [0.29, 0.717) is 17.3 Å². The van der Waals surface area contributed by atoms with E-state index in [2.05, 4.69) is 4.98 Å². The lowest BCUT2D eigenvalue weighted by Gasteiger charge is -2.06. The maximum atomic E-state index is 5.82. The highest BCUT2D eigenvalue weighted by atomic mass is 35.5. The summed E-state index contributed by atoms with van der Waals surface area (Å²) in [4.78, 5) is 3.96. The zero-order valence-corrected chi connectivity index (χ0v) is 9.32. The molecule has 1 heterocycles. The molecule has 0 spiro atoms. The van der Waals surface area contributed by atoms with Gasteiger partial charge in [-0.15, -0.1) is 0 Å². The van der Waals surface area contributed by atoms with E-state index >= 15 is 0 Å². The fraction of sp³-hybridized carbons (Fsp3) is 0.0833. The molecular formula is C12H11ClN2O. The summed E-state index contributed by atoms with van der Waals surface area (Å²) in [5, 5.41) is 0.560. The number of nitrogens with zero attached hydrogens (tertiary/aromatic N) is 1. The quantitative estimate of drug-likeness (QED) is 0.831. The smallest absolute Gasteiger partial charge is 0.138 e. The Kier molecular flexibility index (Phi) is 3.27. The van der Waals surface area contributed by atoms with Crippen molar-refractivity contribution < 1.29 is 4.74 Å². The Hall–Kier alpha value is -1.74.